The molecule has 0 radical (unpaired) electrons. The Morgan fingerprint density at radius 3 is 2.28 bits per heavy atom. The van der Waals surface area contributed by atoms with Crippen LogP contribution in [-0.4, -0.2) is 65.5 Å². The van der Waals surface area contributed by atoms with E-state index in [-0.39, 0.29) is 47.7 Å². The highest BCUT2D eigenvalue weighted by Gasteiger charge is 2.53. The standard InChI is InChI=1S/C30H48N4O5/c1-8-22(35)21(16-20-14-15-31-25(20)36)32-26(37)24-30(6,7)18(2)17-34(24)27(38)23(19-12-10-9-11-13-19)33-28(39)29(3,4)5/h8,18-21,23-24H,1,9-17H2,2-7H3,(H,31,36)(H,32,37)(H,33,39)/t18-,20+,21+,23+,24-/m1/s1. The first-order valence-corrected chi connectivity index (χ1v) is 14.5. The Labute approximate surface area is 233 Å². The Kier molecular flexibility index (Phi) is 9.65. The largest absolute Gasteiger partial charge is 0.356 e. The summed E-state index contributed by atoms with van der Waals surface area (Å²) < 4.78 is 0. The van der Waals surface area contributed by atoms with Crippen LogP contribution >= 0.6 is 0 Å². The first-order valence-electron chi connectivity index (χ1n) is 14.5. The number of likely N-dealkylation sites (tertiary alicyclic amines) is 1. The summed E-state index contributed by atoms with van der Waals surface area (Å²) in [6.07, 6.45) is 6.78. The van der Waals surface area contributed by atoms with Crippen molar-refractivity contribution in [3.63, 3.8) is 0 Å². The number of rotatable bonds is 9. The summed E-state index contributed by atoms with van der Waals surface area (Å²) in [7, 11) is 0. The Hall–Kier alpha value is -2.71. The molecule has 3 fully saturated rings. The molecule has 4 amide bonds. The summed E-state index contributed by atoms with van der Waals surface area (Å²) in [5.74, 6) is -1.67. The van der Waals surface area contributed by atoms with Crippen molar-refractivity contribution in [3.8, 4) is 0 Å². The number of nitrogens with zero attached hydrogens (tertiary/aromatic N) is 1. The van der Waals surface area contributed by atoms with Crippen LogP contribution in [0.25, 0.3) is 0 Å². The number of amides is 4. The van der Waals surface area contributed by atoms with Crippen LogP contribution in [0.15, 0.2) is 12.7 Å². The van der Waals surface area contributed by atoms with Gasteiger partial charge >= 0.3 is 0 Å². The molecule has 0 aromatic rings. The minimum absolute atomic E-state index is 0.0104. The van der Waals surface area contributed by atoms with Crippen molar-refractivity contribution in [1.29, 1.82) is 0 Å². The van der Waals surface area contributed by atoms with Gasteiger partial charge in [-0.1, -0.05) is 67.4 Å². The topological polar surface area (TPSA) is 125 Å². The second-order valence-corrected chi connectivity index (χ2v) is 13.4. The van der Waals surface area contributed by atoms with Gasteiger partial charge in [0.05, 0.1) is 6.04 Å². The summed E-state index contributed by atoms with van der Waals surface area (Å²) in [5, 5.41) is 8.71. The fraction of sp³-hybridized carbons (Fsp3) is 0.767. The summed E-state index contributed by atoms with van der Waals surface area (Å²) in [4.78, 5) is 67.8. The van der Waals surface area contributed by atoms with E-state index in [4.69, 9.17) is 0 Å². The SMILES string of the molecule is C=CC(=O)[C@H](C[C@@H]1CCNC1=O)NC(=O)[C@H]1N(C(=O)[C@@H](NC(=O)C(C)(C)C)C2CCCCC2)C[C@@H](C)C1(C)C. The van der Waals surface area contributed by atoms with Crippen molar-refractivity contribution in [2.75, 3.05) is 13.1 Å². The molecule has 9 heteroatoms. The van der Waals surface area contributed by atoms with E-state index in [2.05, 4.69) is 22.5 Å². The minimum Gasteiger partial charge on any atom is -0.356 e. The molecular weight excluding hydrogens is 496 g/mol. The fourth-order valence-electron chi connectivity index (χ4n) is 6.18. The third-order valence-electron chi connectivity index (χ3n) is 9.19. The highest BCUT2D eigenvalue weighted by molar-refractivity contribution is 5.99. The lowest BCUT2D eigenvalue weighted by Crippen LogP contribution is -2.60. The zero-order valence-corrected chi connectivity index (χ0v) is 24.6. The second-order valence-electron chi connectivity index (χ2n) is 13.4. The van der Waals surface area contributed by atoms with Gasteiger partial charge in [0.25, 0.3) is 0 Å². The Bertz CT molecular complexity index is 978. The summed E-state index contributed by atoms with van der Waals surface area (Å²) in [6.45, 7) is 15.9. The first-order chi connectivity index (χ1) is 18.2. The molecule has 218 valence electrons. The van der Waals surface area contributed by atoms with E-state index in [1.54, 1.807) is 4.90 Å². The van der Waals surface area contributed by atoms with Gasteiger partial charge in [-0.3, -0.25) is 24.0 Å². The van der Waals surface area contributed by atoms with E-state index in [1.165, 1.54) is 6.08 Å². The maximum absolute atomic E-state index is 14.2. The van der Waals surface area contributed by atoms with Crippen LogP contribution in [0.4, 0.5) is 0 Å². The molecule has 2 saturated heterocycles. The Morgan fingerprint density at radius 2 is 1.74 bits per heavy atom. The fourth-order valence-corrected chi connectivity index (χ4v) is 6.18. The predicted molar refractivity (Wildman–Crippen MR) is 149 cm³/mol. The zero-order valence-electron chi connectivity index (χ0n) is 24.6. The van der Waals surface area contributed by atoms with E-state index < -0.39 is 34.9 Å². The molecule has 5 atom stereocenters. The highest BCUT2D eigenvalue weighted by atomic mass is 16.2. The van der Waals surface area contributed by atoms with Gasteiger partial charge in [0, 0.05) is 24.4 Å². The van der Waals surface area contributed by atoms with Crippen LogP contribution in [0.3, 0.4) is 0 Å². The maximum Gasteiger partial charge on any atom is 0.246 e. The molecule has 0 spiro atoms. The number of carbonyl (C=O) groups is 5. The van der Waals surface area contributed by atoms with Crippen LogP contribution < -0.4 is 16.0 Å². The third kappa shape index (κ3) is 6.90. The van der Waals surface area contributed by atoms with Gasteiger partial charge < -0.3 is 20.9 Å². The van der Waals surface area contributed by atoms with Crippen LogP contribution in [0.5, 0.6) is 0 Å². The Morgan fingerprint density at radius 1 is 1.10 bits per heavy atom. The monoisotopic (exact) mass is 544 g/mol. The van der Waals surface area contributed by atoms with Gasteiger partial charge in [0.1, 0.15) is 12.1 Å². The van der Waals surface area contributed by atoms with E-state index in [1.807, 2.05) is 41.5 Å². The molecule has 1 aliphatic carbocycles. The summed E-state index contributed by atoms with van der Waals surface area (Å²) in [6, 6.07) is -2.43. The number of ketones is 1. The van der Waals surface area contributed by atoms with E-state index in [0.717, 1.165) is 32.1 Å². The minimum atomic E-state index is -0.901. The van der Waals surface area contributed by atoms with Crippen molar-refractivity contribution >= 4 is 29.4 Å². The number of hydrogen-bond donors (Lipinski definition) is 3. The molecule has 3 aliphatic rings. The Balaban J connectivity index is 1.89. The van der Waals surface area contributed by atoms with Crippen molar-refractivity contribution in [2.45, 2.75) is 105 Å². The van der Waals surface area contributed by atoms with Gasteiger partial charge in [0.15, 0.2) is 5.78 Å². The molecule has 2 heterocycles. The number of nitrogens with one attached hydrogen (secondary N) is 3. The normalized spacial score (nSPS) is 26.9. The molecule has 0 aromatic heterocycles. The van der Waals surface area contributed by atoms with Gasteiger partial charge in [0.2, 0.25) is 23.6 Å². The quantitative estimate of drug-likeness (QED) is 0.385. The molecule has 0 aromatic carbocycles. The molecular formula is C30H48N4O5. The highest BCUT2D eigenvalue weighted by Crippen LogP contribution is 2.42. The lowest BCUT2D eigenvalue weighted by atomic mass is 9.77. The molecule has 2 aliphatic heterocycles. The van der Waals surface area contributed by atoms with Gasteiger partial charge in [-0.2, -0.15) is 0 Å². The smallest absolute Gasteiger partial charge is 0.246 e. The maximum atomic E-state index is 14.2. The zero-order chi connectivity index (χ0) is 29.1. The molecule has 3 rings (SSSR count). The van der Waals surface area contributed by atoms with Crippen LogP contribution in [0.2, 0.25) is 0 Å². The molecule has 9 nitrogen and oxygen atoms in total. The molecule has 3 N–H and O–H groups in total. The van der Waals surface area contributed by atoms with Gasteiger partial charge in [-0.05, 0) is 49.0 Å². The summed E-state index contributed by atoms with van der Waals surface area (Å²) >= 11 is 0. The lowest BCUT2D eigenvalue weighted by molar-refractivity contribution is -0.146. The predicted octanol–water partition coefficient (Wildman–Crippen LogP) is 2.74. The molecule has 39 heavy (non-hydrogen) atoms. The van der Waals surface area contributed by atoms with Crippen molar-refractivity contribution in [3.05, 3.63) is 12.7 Å². The molecule has 0 unspecified atom stereocenters. The van der Waals surface area contributed by atoms with Crippen molar-refractivity contribution < 1.29 is 24.0 Å². The van der Waals surface area contributed by atoms with Crippen molar-refractivity contribution in [2.24, 2.45) is 28.6 Å². The summed E-state index contributed by atoms with van der Waals surface area (Å²) in [5.41, 5.74) is -1.23. The van der Waals surface area contributed by atoms with Crippen LogP contribution in [-0.2, 0) is 24.0 Å². The number of hydrogen-bond acceptors (Lipinski definition) is 5. The van der Waals surface area contributed by atoms with E-state index in [9.17, 15) is 24.0 Å². The molecule has 1 saturated carbocycles. The average Bonchev–Trinajstić information content (AvgIpc) is 3.39. The lowest BCUT2D eigenvalue weighted by Gasteiger charge is -2.38. The average molecular weight is 545 g/mol. The van der Waals surface area contributed by atoms with Gasteiger partial charge in [-0.15, -0.1) is 0 Å². The first kappa shape index (κ1) is 30.8. The van der Waals surface area contributed by atoms with Gasteiger partial charge in [-0.25, -0.2) is 0 Å². The van der Waals surface area contributed by atoms with E-state index >= 15 is 0 Å². The molecule has 0 bridgehead atoms. The van der Waals surface area contributed by atoms with Crippen LogP contribution in [0, 0.1) is 28.6 Å². The van der Waals surface area contributed by atoms with Crippen LogP contribution in [0.1, 0.15) is 86.5 Å². The number of carbonyl (C=O) groups excluding carboxylic acids is 5. The van der Waals surface area contributed by atoms with E-state index in [0.29, 0.717) is 19.5 Å². The second kappa shape index (κ2) is 12.2. The van der Waals surface area contributed by atoms with Crippen molar-refractivity contribution in [1.82, 2.24) is 20.9 Å². The third-order valence-corrected chi connectivity index (χ3v) is 9.19.